The summed E-state index contributed by atoms with van der Waals surface area (Å²) < 4.78 is 4.18. The second-order valence-corrected chi connectivity index (χ2v) is 6.19. The minimum Gasteiger partial charge on any atom is -0.450 e. The molecule has 3 heteroatoms. The third-order valence-electron chi connectivity index (χ3n) is 4.62. The number of carbonyl (C=O) groups excluding carboxylic acids is 1. The molecule has 4 rings (SSSR count). The summed E-state index contributed by atoms with van der Waals surface area (Å²) in [6, 6.07) is 0. The number of hydrogen-bond acceptors (Lipinski definition) is 2. The molecule has 0 aliphatic heterocycles. The average Bonchev–Trinajstić information content (AvgIpc) is 3.22. The van der Waals surface area contributed by atoms with Crippen LogP contribution < -0.4 is 5.73 Å². The van der Waals surface area contributed by atoms with Crippen LogP contribution >= 0.6 is 0 Å². The van der Waals surface area contributed by atoms with Crippen LogP contribution in [0.4, 0.5) is 4.79 Å². The van der Waals surface area contributed by atoms with Crippen molar-refractivity contribution >= 4 is 6.09 Å². The van der Waals surface area contributed by atoms with Gasteiger partial charge in [-0.05, 0) is 69.1 Å². The quantitative estimate of drug-likeness (QED) is 0.735. The molecule has 0 heterocycles. The van der Waals surface area contributed by atoms with E-state index in [9.17, 15) is 4.79 Å². The number of primary amides is 1. The molecule has 2 saturated carbocycles. The topological polar surface area (TPSA) is 52.3 Å². The van der Waals surface area contributed by atoms with Crippen LogP contribution in [0.25, 0.3) is 0 Å². The fourth-order valence-electron chi connectivity index (χ4n) is 3.58. The van der Waals surface area contributed by atoms with Crippen LogP contribution in [0.15, 0.2) is 24.3 Å². The van der Waals surface area contributed by atoms with Gasteiger partial charge in [-0.3, -0.25) is 0 Å². The van der Waals surface area contributed by atoms with Crippen molar-refractivity contribution in [2.24, 2.45) is 29.4 Å². The number of amides is 1. The number of fused-ring (bicyclic) bond motifs is 4. The number of nitrogens with two attached hydrogens (primary N) is 1. The van der Waals surface area contributed by atoms with Gasteiger partial charge in [0.1, 0.15) is 0 Å². The summed E-state index contributed by atoms with van der Waals surface area (Å²) in [5.74, 6) is 3.96. The molecule has 112 valence electrons. The van der Waals surface area contributed by atoms with E-state index in [2.05, 4.69) is 34.8 Å². The molecular formula is C17H27NO2. The third-order valence-corrected chi connectivity index (χ3v) is 4.62. The van der Waals surface area contributed by atoms with Crippen molar-refractivity contribution in [2.75, 3.05) is 6.61 Å². The summed E-state index contributed by atoms with van der Waals surface area (Å²) >= 11 is 0. The molecule has 0 aromatic rings. The van der Waals surface area contributed by atoms with Gasteiger partial charge in [-0.1, -0.05) is 24.3 Å². The zero-order chi connectivity index (χ0) is 14.4. The molecule has 4 bridgehead atoms. The van der Waals surface area contributed by atoms with Crippen molar-refractivity contribution in [1.29, 1.82) is 0 Å². The van der Waals surface area contributed by atoms with E-state index in [1.54, 1.807) is 6.92 Å². The summed E-state index contributed by atoms with van der Waals surface area (Å²) in [6.45, 7) is 2.06. The maximum Gasteiger partial charge on any atom is 0.404 e. The van der Waals surface area contributed by atoms with E-state index in [0.717, 1.165) is 23.7 Å². The van der Waals surface area contributed by atoms with Gasteiger partial charge in [-0.25, -0.2) is 4.79 Å². The van der Waals surface area contributed by atoms with E-state index in [1.165, 1.54) is 38.5 Å². The second-order valence-electron chi connectivity index (χ2n) is 6.19. The van der Waals surface area contributed by atoms with Crippen LogP contribution in [0.5, 0.6) is 0 Å². The Morgan fingerprint density at radius 2 is 1.30 bits per heavy atom. The Morgan fingerprint density at radius 3 is 1.35 bits per heavy atom. The lowest BCUT2D eigenvalue weighted by atomic mass is 10.1. The van der Waals surface area contributed by atoms with Crippen molar-refractivity contribution in [1.82, 2.24) is 0 Å². The average molecular weight is 277 g/mol. The normalized spacial score (nSPS) is 34.2. The smallest absolute Gasteiger partial charge is 0.404 e. The molecule has 20 heavy (non-hydrogen) atoms. The monoisotopic (exact) mass is 277 g/mol. The molecule has 4 aliphatic carbocycles. The molecule has 4 unspecified atom stereocenters. The van der Waals surface area contributed by atoms with Crippen molar-refractivity contribution in [3.05, 3.63) is 24.3 Å². The van der Waals surface area contributed by atoms with Crippen LogP contribution in [0.1, 0.15) is 45.4 Å². The van der Waals surface area contributed by atoms with Crippen molar-refractivity contribution in [2.45, 2.75) is 45.4 Å². The Morgan fingerprint density at radius 1 is 0.950 bits per heavy atom. The number of hydrogen-bond donors (Lipinski definition) is 1. The number of allylic oxidation sites excluding steroid dienone is 4. The van der Waals surface area contributed by atoms with Gasteiger partial charge in [0.15, 0.2) is 0 Å². The molecule has 0 aromatic heterocycles. The summed E-state index contributed by atoms with van der Waals surface area (Å²) in [5, 5.41) is 0. The predicted molar refractivity (Wildman–Crippen MR) is 81.2 cm³/mol. The Kier molecular flexibility index (Phi) is 5.69. The maximum atomic E-state index is 9.60. The molecule has 0 aromatic carbocycles. The Bertz CT molecular complexity index is 323. The van der Waals surface area contributed by atoms with Gasteiger partial charge in [0.2, 0.25) is 0 Å². The maximum absolute atomic E-state index is 9.60. The number of rotatable bonds is 1. The lowest BCUT2D eigenvalue weighted by Crippen LogP contribution is -2.11. The van der Waals surface area contributed by atoms with E-state index in [1.807, 2.05) is 0 Å². The Labute approximate surface area is 122 Å². The lowest BCUT2D eigenvalue weighted by molar-refractivity contribution is 0.163. The van der Waals surface area contributed by atoms with Gasteiger partial charge in [-0.15, -0.1) is 0 Å². The molecule has 2 fully saturated rings. The molecule has 4 aliphatic rings. The highest BCUT2D eigenvalue weighted by atomic mass is 16.5. The Balaban J connectivity index is 0.000000111. The standard InChI is InChI=1S/2C7H10.C3H7NO2/c2*1-2-7-4-3-6(1)5-7;1-2-6-3(4)5/h2*1-2,6-7H,3-5H2;2H2,1H3,(H2,4,5). The van der Waals surface area contributed by atoms with Crippen molar-refractivity contribution < 1.29 is 9.53 Å². The molecule has 3 nitrogen and oxygen atoms in total. The van der Waals surface area contributed by atoms with Crippen LogP contribution in [0.3, 0.4) is 0 Å². The summed E-state index contributed by atoms with van der Waals surface area (Å²) in [4.78, 5) is 9.60. The van der Waals surface area contributed by atoms with Crippen molar-refractivity contribution in [3.8, 4) is 0 Å². The largest absolute Gasteiger partial charge is 0.450 e. The molecule has 0 spiro atoms. The van der Waals surface area contributed by atoms with E-state index in [0.29, 0.717) is 6.61 Å². The molecule has 0 radical (unpaired) electrons. The van der Waals surface area contributed by atoms with Gasteiger partial charge in [-0.2, -0.15) is 0 Å². The first-order chi connectivity index (χ1) is 9.67. The minimum absolute atomic E-state index is 0.356. The van der Waals surface area contributed by atoms with Crippen LogP contribution in [-0.2, 0) is 4.74 Å². The first-order valence-corrected chi connectivity index (χ1v) is 7.96. The molecule has 1 amide bonds. The van der Waals surface area contributed by atoms with E-state index in [4.69, 9.17) is 0 Å². The third kappa shape index (κ3) is 4.69. The summed E-state index contributed by atoms with van der Waals surface area (Å²) in [5.41, 5.74) is 4.54. The number of ether oxygens (including phenoxy) is 1. The van der Waals surface area contributed by atoms with E-state index >= 15 is 0 Å². The zero-order valence-electron chi connectivity index (χ0n) is 12.5. The SMILES string of the molecule is C1=CC2CCC1C2.C1=CC2CCC1C2.CCOC(N)=O. The second kappa shape index (κ2) is 7.51. The molecule has 0 saturated heterocycles. The van der Waals surface area contributed by atoms with Gasteiger partial charge in [0.25, 0.3) is 0 Å². The van der Waals surface area contributed by atoms with Crippen LogP contribution in [-0.4, -0.2) is 12.7 Å². The molecule has 2 N–H and O–H groups in total. The van der Waals surface area contributed by atoms with E-state index in [-0.39, 0.29) is 0 Å². The fraction of sp³-hybridized carbons (Fsp3) is 0.706. The van der Waals surface area contributed by atoms with Crippen LogP contribution in [0, 0.1) is 23.7 Å². The first-order valence-electron chi connectivity index (χ1n) is 7.96. The fourth-order valence-corrected chi connectivity index (χ4v) is 3.58. The van der Waals surface area contributed by atoms with Crippen LogP contribution in [0.2, 0.25) is 0 Å². The highest BCUT2D eigenvalue weighted by Gasteiger charge is 2.25. The zero-order valence-corrected chi connectivity index (χ0v) is 12.5. The van der Waals surface area contributed by atoms with E-state index < -0.39 is 6.09 Å². The van der Waals surface area contributed by atoms with Gasteiger partial charge in [0.05, 0.1) is 6.61 Å². The number of carbonyl (C=O) groups is 1. The highest BCUT2D eigenvalue weighted by molar-refractivity contribution is 5.64. The first kappa shape index (κ1) is 15.1. The summed E-state index contributed by atoms with van der Waals surface area (Å²) in [6.07, 6.45) is 17.7. The predicted octanol–water partition coefficient (Wildman–Crippen LogP) is 4.05. The Hall–Kier alpha value is -1.25. The van der Waals surface area contributed by atoms with Gasteiger partial charge in [0, 0.05) is 0 Å². The van der Waals surface area contributed by atoms with Crippen molar-refractivity contribution in [3.63, 3.8) is 0 Å². The minimum atomic E-state index is -0.711. The lowest BCUT2D eigenvalue weighted by Gasteiger charge is -1.96. The van der Waals surface area contributed by atoms with Gasteiger partial charge >= 0.3 is 6.09 Å². The molecule has 4 atom stereocenters. The summed E-state index contributed by atoms with van der Waals surface area (Å²) in [7, 11) is 0. The molecular weight excluding hydrogens is 250 g/mol. The van der Waals surface area contributed by atoms with Gasteiger partial charge < -0.3 is 10.5 Å². The highest BCUT2D eigenvalue weighted by Crippen LogP contribution is 2.38.